The Bertz CT molecular complexity index is 570. The fraction of sp³-hybridized carbons (Fsp3) is 0.286. The summed E-state index contributed by atoms with van der Waals surface area (Å²) in [5.41, 5.74) is 2.09. The summed E-state index contributed by atoms with van der Waals surface area (Å²) in [6, 6.07) is 7.76. The predicted molar refractivity (Wildman–Crippen MR) is 82.9 cm³/mol. The van der Waals surface area contributed by atoms with E-state index in [9.17, 15) is 0 Å². The molecule has 2 rings (SSSR count). The van der Waals surface area contributed by atoms with Gasteiger partial charge in [0.25, 0.3) is 0 Å². The van der Waals surface area contributed by atoms with Crippen molar-refractivity contribution in [1.82, 2.24) is 9.97 Å². The monoisotopic (exact) mass is 339 g/mol. The molecule has 0 aliphatic heterocycles. The van der Waals surface area contributed by atoms with E-state index in [2.05, 4.69) is 31.2 Å². The van der Waals surface area contributed by atoms with Gasteiger partial charge in [-0.2, -0.15) is 0 Å². The Labute approximate surface area is 126 Å². The molecule has 1 N–H and O–H groups in total. The number of hydrogen-bond acceptors (Lipinski definition) is 3. The van der Waals surface area contributed by atoms with Crippen LogP contribution in [0, 0.1) is 6.92 Å². The van der Waals surface area contributed by atoms with Gasteiger partial charge in [-0.05, 0) is 47.5 Å². The first-order chi connectivity index (χ1) is 9.10. The summed E-state index contributed by atoms with van der Waals surface area (Å²) in [4.78, 5) is 9.04. The van der Waals surface area contributed by atoms with Crippen molar-refractivity contribution in [3.05, 3.63) is 50.8 Å². The molecule has 0 aliphatic rings. The average molecular weight is 341 g/mol. The first-order valence-electron chi connectivity index (χ1n) is 6.11. The lowest BCUT2D eigenvalue weighted by atomic mass is 10.1. The van der Waals surface area contributed by atoms with E-state index < -0.39 is 0 Å². The number of anilines is 1. The molecule has 3 nitrogen and oxygen atoms in total. The van der Waals surface area contributed by atoms with Gasteiger partial charge in [-0.15, -0.1) is 0 Å². The topological polar surface area (TPSA) is 37.8 Å². The van der Waals surface area contributed by atoms with Gasteiger partial charge in [0.15, 0.2) is 0 Å². The van der Waals surface area contributed by atoms with E-state index in [4.69, 9.17) is 11.6 Å². The molecule has 0 bridgehead atoms. The Kier molecular flexibility index (Phi) is 4.77. The van der Waals surface area contributed by atoms with Crippen molar-refractivity contribution in [2.75, 3.05) is 11.9 Å². The highest BCUT2D eigenvalue weighted by atomic mass is 79.9. The summed E-state index contributed by atoms with van der Waals surface area (Å²) in [7, 11) is 0. The van der Waals surface area contributed by atoms with E-state index >= 15 is 0 Å². The van der Waals surface area contributed by atoms with Crippen molar-refractivity contribution in [3.63, 3.8) is 0 Å². The van der Waals surface area contributed by atoms with Crippen LogP contribution in [0.2, 0.25) is 5.02 Å². The zero-order chi connectivity index (χ0) is 13.8. The minimum absolute atomic E-state index is 0.698. The molecule has 1 aromatic heterocycles. The van der Waals surface area contributed by atoms with Crippen molar-refractivity contribution < 1.29 is 0 Å². The van der Waals surface area contributed by atoms with Crippen LogP contribution in [-0.4, -0.2) is 16.5 Å². The fourth-order valence-electron chi connectivity index (χ4n) is 1.77. The minimum atomic E-state index is 0.698. The fourth-order valence-corrected chi connectivity index (χ4v) is 2.21. The van der Waals surface area contributed by atoms with Gasteiger partial charge in [-0.3, -0.25) is 0 Å². The number of hydrogen-bond donors (Lipinski definition) is 1. The lowest BCUT2D eigenvalue weighted by Gasteiger charge is -2.10. The van der Waals surface area contributed by atoms with Crippen LogP contribution in [-0.2, 0) is 6.42 Å². The first kappa shape index (κ1) is 14.3. The maximum absolute atomic E-state index is 5.88. The Balaban J connectivity index is 2.27. The van der Waals surface area contributed by atoms with Gasteiger partial charge in [0.1, 0.15) is 11.6 Å². The summed E-state index contributed by atoms with van der Waals surface area (Å²) in [5.74, 6) is 1.65. The number of aromatic nitrogens is 2. The molecule has 0 spiro atoms. The lowest BCUT2D eigenvalue weighted by Crippen LogP contribution is -2.07. The summed E-state index contributed by atoms with van der Waals surface area (Å²) in [6.07, 6.45) is 0.698. The highest BCUT2D eigenvalue weighted by Gasteiger charge is 2.09. The zero-order valence-corrected chi connectivity index (χ0v) is 13.2. The van der Waals surface area contributed by atoms with Crippen molar-refractivity contribution in [1.29, 1.82) is 0 Å². The third-order valence-corrected chi connectivity index (χ3v) is 3.88. The van der Waals surface area contributed by atoms with Crippen molar-refractivity contribution in [3.8, 4) is 0 Å². The van der Waals surface area contributed by atoms with E-state index in [1.54, 1.807) is 0 Å². The maximum Gasteiger partial charge on any atom is 0.144 e. The molecule has 0 saturated carbocycles. The molecule has 19 heavy (non-hydrogen) atoms. The zero-order valence-electron chi connectivity index (χ0n) is 10.9. The van der Waals surface area contributed by atoms with Crippen molar-refractivity contribution in [2.24, 2.45) is 0 Å². The van der Waals surface area contributed by atoms with Crippen molar-refractivity contribution in [2.45, 2.75) is 20.3 Å². The molecule has 0 amide bonds. The van der Waals surface area contributed by atoms with Gasteiger partial charge in [0.2, 0.25) is 0 Å². The molecule has 0 fully saturated rings. The Morgan fingerprint density at radius 1 is 1.21 bits per heavy atom. The third-order valence-electron chi connectivity index (χ3n) is 2.68. The van der Waals surface area contributed by atoms with Crippen LogP contribution in [0.5, 0.6) is 0 Å². The van der Waals surface area contributed by atoms with Crippen LogP contribution in [0.4, 0.5) is 5.82 Å². The van der Waals surface area contributed by atoms with Crippen LogP contribution in [0.15, 0.2) is 28.7 Å². The van der Waals surface area contributed by atoms with Gasteiger partial charge >= 0.3 is 0 Å². The maximum atomic E-state index is 5.88. The van der Waals surface area contributed by atoms with Crippen LogP contribution in [0.3, 0.4) is 0 Å². The molecule has 5 heteroatoms. The number of benzene rings is 1. The first-order valence-corrected chi connectivity index (χ1v) is 7.28. The molecular weight excluding hydrogens is 326 g/mol. The molecule has 0 atom stereocenters. The molecular formula is C14H15BrClN3. The predicted octanol–water partition coefficient (Wildman–Crippen LogP) is 4.22. The second kappa shape index (κ2) is 6.35. The van der Waals surface area contributed by atoms with Crippen LogP contribution < -0.4 is 5.32 Å². The van der Waals surface area contributed by atoms with E-state index in [0.717, 1.165) is 38.9 Å². The second-order valence-electron chi connectivity index (χ2n) is 4.22. The van der Waals surface area contributed by atoms with Gasteiger partial charge in [-0.25, -0.2) is 9.97 Å². The Morgan fingerprint density at radius 3 is 2.53 bits per heavy atom. The van der Waals surface area contributed by atoms with Crippen LogP contribution in [0.1, 0.15) is 24.0 Å². The summed E-state index contributed by atoms with van der Waals surface area (Å²) in [5, 5.41) is 3.97. The lowest BCUT2D eigenvalue weighted by molar-refractivity contribution is 0.930. The van der Waals surface area contributed by atoms with Crippen LogP contribution >= 0.6 is 27.5 Å². The number of nitrogens with zero attached hydrogens (tertiary/aromatic N) is 2. The van der Waals surface area contributed by atoms with Gasteiger partial charge in [0, 0.05) is 18.0 Å². The third kappa shape index (κ3) is 3.67. The van der Waals surface area contributed by atoms with Gasteiger partial charge in [-0.1, -0.05) is 23.7 Å². The quantitative estimate of drug-likeness (QED) is 0.905. The van der Waals surface area contributed by atoms with E-state index in [1.807, 2.05) is 38.1 Å². The molecule has 100 valence electrons. The molecule has 0 radical (unpaired) electrons. The molecule has 0 saturated heterocycles. The average Bonchev–Trinajstić information content (AvgIpc) is 2.38. The number of nitrogens with one attached hydrogen (secondary N) is 1. The number of halogens is 2. The minimum Gasteiger partial charge on any atom is -0.369 e. The standard InChI is InChI=1S/C14H15BrClN3/c1-3-17-14-13(15)9(2)18-12(19-14)8-10-4-6-11(16)7-5-10/h4-7H,3,8H2,1-2H3,(H,17,18,19). The highest BCUT2D eigenvalue weighted by Crippen LogP contribution is 2.23. The SMILES string of the molecule is CCNc1nc(Cc2ccc(Cl)cc2)nc(C)c1Br. The van der Waals surface area contributed by atoms with Crippen LogP contribution in [0.25, 0.3) is 0 Å². The molecule has 0 unspecified atom stereocenters. The number of aryl methyl sites for hydroxylation is 1. The van der Waals surface area contributed by atoms with E-state index in [0.29, 0.717) is 6.42 Å². The molecule has 1 heterocycles. The van der Waals surface area contributed by atoms with Gasteiger partial charge in [0.05, 0.1) is 10.2 Å². The molecule has 1 aromatic carbocycles. The Hall–Kier alpha value is -1.13. The normalized spacial score (nSPS) is 10.5. The highest BCUT2D eigenvalue weighted by molar-refractivity contribution is 9.10. The van der Waals surface area contributed by atoms with E-state index in [1.165, 1.54) is 0 Å². The smallest absolute Gasteiger partial charge is 0.144 e. The van der Waals surface area contributed by atoms with Crippen molar-refractivity contribution >= 4 is 33.3 Å². The molecule has 0 aliphatic carbocycles. The second-order valence-corrected chi connectivity index (χ2v) is 5.45. The summed E-state index contributed by atoms with van der Waals surface area (Å²) in [6.45, 7) is 4.84. The Morgan fingerprint density at radius 2 is 1.89 bits per heavy atom. The summed E-state index contributed by atoms with van der Waals surface area (Å²) < 4.78 is 0.925. The number of rotatable bonds is 4. The van der Waals surface area contributed by atoms with Gasteiger partial charge < -0.3 is 5.32 Å². The molecule has 2 aromatic rings. The summed E-state index contributed by atoms with van der Waals surface area (Å²) >= 11 is 9.39. The largest absolute Gasteiger partial charge is 0.369 e. The van der Waals surface area contributed by atoms with E-state index in [-0.39, 0.29) is 0 Å².